The molecule has 4 rings (SSSR count). The van der Waals surface area contributed by atoms with Gasteiger partial charge in [0, 0.05) is 24.3 Å². The SMILES string of the molecule is COc1ccc(/C=C/C(=O)N2CCCC2c2ccc3c(c2)OCCO3)c(OC)c1. The van der Waals surface area contributed by atoms with Crippen LogP contribution in [0.2, 0.25) is 0 Å². The molecule has 1 amide bonds. The highest BCUT2D eigenvalue weighted by atomic mass is 16.6. The predicted octanol–water partition coefficient (Wildman–Crippen LogP) is 3.85. The van der Waals surface area contributed by atoms with E-state index in [0.717, 1.165) is 42.0 Å². The first-order valence-electron chi connectivity index (χ1n) is 9.80. The van der Waals surface area contributed by atoms with Gasteiger partial charge >= 0.3 is 0 Å². The van der Waals surface area contributed by atoms with Crippen LogP contribution in [0.25, 0.3) is 6.08 Å². The van der Waals surface area contributed by atoms with Crippen LogP contribution in [-0.4, -0.2) is 44.8 Å². The lowest BCUT2D eigenvalue weighted by molar-refractivity contribution is -0.126. The topological polar surface area (TPSA) is 57.2 Å². The molecule has 2 aliphatic rings. The molecule has 1 unspecified atom stereocenters. The molecule has 0 bridgehead atoms. The first-order chi connectivity index (χ1) is 14.2. The lowest BCUT2D eigenvalue weighted by atomic mass is 10.0. The summed E-state index contributed by atoms with van der Waals surface area (Å²) in [6, 6.07) is 11.5. The molecule has 2 aliphatic heterocycles. The van der Waals surface area contributed by atoms with Crippen molar-refractivity contribution in [1.82, 2.24) is 4.90 Å². The second-order valence-corrected chi connectivity index (χ2v) is 7.03. The molecule has 1 atom stereocenters. The van der Waals surface area contributed by atoms with Crippen LogP contribution in [0, 0.1) is 0 Å². The largest absolute Gasteiger partial charge is 0.497 e. The number of fused-ring (bicyclic) bond motifs is 1. The number of amides is 1. The van der Waals surface area contributed by atoms with Gasteiger partial charge in [-0.3, -0.25) is 4.79 Å². The maximum atomic E-state index is 12.9. The number of benzene rings is 2. The Bertz CT molecular complexity index is 923. The molecule has 0 aromatic heterocycles. The standard InChI is InChI=1S/C23H25NO5/c1-26-18-8-5-16(21(15-18)27-2)7-10-23(25)24-11-3-4-19(24)17-6-9-20-22(14-17)29-13-12-28-20/h5-10,14-15,19H,3-4,11-13H2,1-2H3/b10-7+. The van der Waals surface area contributed by atoms with Gasteiger partial charge in [0.25, 0.3) is 0 Å². The second kappa shape index (κ2) is 8.47. The van der Waals surface area contributed by atoms with Crippen molar-refractivity contribution >= 4 is 12.0 Å². The summed E-state index contributed by atoms with van der Waals surface area (Å²) < 4.78 is 21.9. The molecule has 2 aromatic rings. The minimum absolute atomic E-state index is 0.0136. The average Bonchev–Trinajstić information content (AvgIpc) is 3.27. The van der Waals surface area contributed by atoms with E-state index in [4.69, 9.17) is 18.9 Å². The second-order valence-electron chi connectivity index (χ2n) is 7.03. The zero-order valence-electron chi connectivity index (χ0n) is 16.7. The Morgan fingerprint density at radius 3 is 2.69 bits per heavy atom. The van der Waals surface area contributed by atoms with E-state index < -0.39 is 0 Å². The monoisotopic (exact) mass is 395 g/mol. The number of carbonyl (C=O) groups is 1. The molecule has 6 heteroatoms. The van der Waals surface area contributed by atoms with Crippen molar-refractivity contribution in [3.8, 4) is 23.0 Å². The molecule has 0 aliphatic carbocycles. The number of nitrogens with zero attached hydrogens (tertiary/aromatic N) is 1. The predicted molar refractivity (Wildman–Crippen MR) is 110 cm³/mol. The summed E-state index contributed by atoms with van der Waals surface area (Å²) in [7, 11) is 3.21. The summed E-state index contributed by atoms with van der Waals surface area (Å²) in [6.45, 7) is 1.86. The Labute approximate surface area is 170 Å². The van der Waals surface area contributed by atoms with Gasteiger partial charge in [-0.05, 0) is 48.7 Å². The van der Waals surface area contributed by atoms with Gasteiger partial charge in [-0.15, -0.1) is 0 Å². The van der Waals surface area contributed by atoms with Gasteiger partial charge in [-0.1, -0.05) is 6.07 Å². The highest BCUT2D eigenvalue weighted by Gasteiger charge is 2.29. The van der Waals surface area contributed by atoms with E-state index in [-0.39, 0.29) is 11.9 Å². The van der Waals surface area contributed by atoms with Crippen LogP contribution in [0.5, 0.6) is 23.0 Å². The van der Waals surface area contributed by atoms with Gasteiger partial charge in [0.15, 0.2) is 11.5 Å². The number of hydrogen-bond acceptors (Lipinski definition) is 5. The van der Waals surface area contributed by atoms with Crippen LogP contribution in [0.4, 0.5) is 0 Å². The minimum Gasteiger partial charge on any atom is -0.497 e. The summed E-state index contributed by atoms with van der Waals surface area (Å²) in [5.41, 5.74) is 1.91. The number of hydrogen-bond donors (Lipinski definition) is 0. The molecule has 0 spiro atoms. The Morgan fingerprint density at radius 2 is 1.90 bits per heavy atom. The molecular weight excluding hydrogens is 370 g/mol. The Morgan fingerprint density at radius 1 is 1.07 bits per heavy atom. The van der Waals surface area contributed by atoms with Crippen molar-refractivity contribution in [3.63, 3.8) is 0 Å². The molecule has 152 valence electrons. The number of likely N-dealkylation sites (tertiary alicyclic amines) is 1. The fourth-order valence-electron chi connectivity index (χ4n) is 3.86. The third-order valence-corrected chi connectivity index (χ3v) is 5.33. The van der Waals surface area contributed by atoms with Crippen molar-refractivity contribution in [1.29, 1.82) is 0 Å². The molecule has 0 saturated carbocycles. The van der Waals surface area contributed by atoms with Crippen LogP contribution in [0.3, 0.4) is 0 Å². The molecule has 29 heavy (non-hydrogen) atoms. The van der Waals surface area contributed by atoms with E-state index >= 15 is 0 Å². The average molecular weight is 395 g/mol. The number of ether oxygens (including phenoxy) is 4. The van der Waals surface area contributed by atoms with Gasteiger partial charge in [0.05, 0.1) is 20.3 Å². The fourth-order valence-corrected chi connectivity index (χ4v) is 3.86. The smallest absolute Gasteiger partial charge is 0.247 e. The van der Waals surface area contributed by atoms with E-state index in [1.165, 1.54) is 0 Å². The fraction of sp³-hybridized carbons (Fsp3) is 0.348. The highest BCUT2D eigenvalue weighted by molar-refractivity contribution is 5.92. The molecule has 2 aromatic carbocycles. The summed E-state index contributed by atoms with van der Waals surface area (Å²) in [5, 5.41) is 0. The van der Waals surface area contributed by atoms with Gasteiger partial charge in [0.1, 0.15) is 24.7 Å². The van der Waals surface area contributed by atoms with E-state index in [9.17, 15) is 4.79 Å². The van der Waals surface area contributed by atoms with Gasteiger partial charge in [-0.2, -0.15) is 0 Å². The van der Waals surface area contributed by atoms with E-state index in [2.05, 4.69) is 0 Å². The Kier molecular flexibility index (Phi) is 5.60. The molecule has 1 saturated heterocycles. The van der Waals surface area contributed by atoms with Crippen molar-refractivity contribution < 1.29 is 23.7 Å². The van der Waals surface area contributed by atoms with Gasteiger partial charge in [-0.25, -0.2) is 0 Å². The van der Waals surface area contributed by atoms with Crippen LogP contribution >= 0.6 is 0 Å². The van der Waals surface area contributed by atoms with E-state index in [1.807, 2.05) is 35.2 Å². The molecule has 0 N–H and O–H groups in total. The van der Waals surface area contributed by atoms with Crippen molar-refractivity contribution in [2.24, 2.45) is 0 Å². The summed E-state index contributed by atoms with van der Waals surface area (Å²) >= 11 is 0. The van der Waals surface area contributed by atoms with Crippen LogP contribution in [-0.2, 0) is 4.79 Å². The van der Waals surface area contributed by atoms with Crippen molar-refractivity contribution in [2.75, 3.05) is 34.0 Å². The summed E-state index contributed by atoms with van der Waals surface area (Å²) in [6.07, 6.45) is 5.32. The Balaban J connectivity index is 1.52. The number of rotatable bonds is 5. The van der Waals surface area contributed by atoms with Crippen molar-refractivity contribution in [2.45, 2.75) is 18.9 Å². The van der Waals surface area contributed by atoms with E-state index in [1.54, 1.807) is 32.4 Å². The van der Waals surface area contributed by atoms with Crippen molar-refractivity contribution in [3.05, 3.63) is 53.6 Å². The first kappa shape index (κ1) is 19.2. The third kappa shape index (κ3) is 4.01. The summed E-state index contributed by atoms with van der Waals surface area (Å²) in [5.74, 6) is 2.89. The van der Waals surface area contributed by atoms with Crippen LogP contribution in [0.1, 0.15) is 30.0 Å². The molecular formula is C23H25NO5. The minimum atomic E-state index is -0.0136. The lowest BCUT2D eigenvalue weighted by Crippen LogP contribution is -2.29. The molecule has 6 nitrogen and oxygen atoms in total. The third-order valence-electron chi connectivity index (χ3n) is 5.33. The number of carbonyl (C=O) groups excluding carboxylic acids is 1. The maximum Gasteiger partial charge on any atom is 0.247 e. The van der Waals surface area contributed by atoms with Crippen LogP contribution in [0.15, 0.2) is 42.5 Å². The summed E-state index contributed by atoms with van der Waals surface area (Å²) in [4.78, 5) is 14.8. The number of methoxy groups -OCH3 is 2. The highest BCUT2D eigenvalue weighted by Crippen LogP contribution is 2.38. The molecule has 2 heterocycles. The Hall–Kier alpha value is -3.15. The van der Waals surface area contributed by atoms with Gasteiger partial charge < -0.3 is 23.8 Å². The molecule has 1 fully saturated rings. The maximum absolute atomic E-state index is 12.9. The zero-order valence-corrected chi connectivity index (χ0v) is 16.7. The van der Waals surface area contributed by atoms with Gasteiger partial charge in [0.2, 0.25) is 5.91 Å². The normalized spacial score (nSPS) is 18.1. The lowest BCUT2D eigenvalue weighted by Gasteiger charge is -2.26. The molecule has 0 radical (unpaired) electrons. The first-order valence-corrected chi connectivity index (χ1v) is 9.80. The quantitative estimate of drug-likeness (QED) is 0.720. The van der Waals surface area contributed by atoms with Crippen LogP contribution < -0.4 is 18.9 Å². The zero-order chi connectivity index (χ0) is 20.2. The van der Waals surface area contributed by atoms with E-state index in [0.29, 0.717) is 24.7 Å².